The van der Waals surface area contributed by atoms with Gasteiger partial charge in [-0.3, -0.25) is 30.0 Å². The second-order valence-corrected chi connectivity index (χ2v) is 14.5. The normalized spacial score (nSPS) is 13.5. The van der Waals surface area contributed by atoms with Gasteiger partial charge < -0.3 is 51.3 Å². The Labute approximate surface area is 515 Å². The Balaban J connectivity index is 0.000000675. The van der Waals surface area contributed by atoms with E-state index in [-0.39, 0.29) is 77.1 Å². The molecule has 4 aromatic rings. The Morgan fingerprint density at radius 1 is 0.973 bits per heavy atom. The summed E-state index contributed by atoms with van der Waals surface area (Å²) in [5.41, 5.74) is 11.8. The summed E-state index contributed by atoms with van der Waals surface area (Å²) in [6, 6.07) is 12.9. The van der Waals surface area contributed by atoms with Crippen LogP contribution in [0.5, 0.6) is 11.5 Å². The van der Waals surface area contributed by atoms with E-state index >= 15 is 0 Å². The number of carbonyl (C=O) groups is 2. The van der Waals surface area contributed by atoms with E-state index in [1.165, 1.54) is 126 Å². The molecule has 0 spiro atoms. The van der Waals surface area contributed by atoms with Gasteiger partial charge in [-0.05, 0) is 74.9 Å². The number of nitrogens with two attached hydrogens (primary N) is 2. The molecule has 0 fully saturated rings. The van der Waals surface area contributed by atoms with Crippen LogP contribution in [0, 0.1) is 20.2 Å². The number of allylic oxidation sites excluding steroid dienone is 2. The Morgan fingerprint density at radius 2 is 1.66 bits per heavy atom. The quantitative estimate of drug-likeness (QED) is 0.0343. The van der Waals surface area contributed by atoms with Crippen LogP contribution in [0.4, 0.5) is 56.1 Å². The number of nitrogen functional groups attached to an aromatic ring is 2. The first-order chi connectivity index (χ1) is 34.8. The first-order valence-electron chi connectivity index (χ1n) is 23.3. The van der Waals surface area contributed by atoms with Crippen molar-refractivity contribution in [3.8, 4) is 11.5 Å². The third kappa shape index (κ3) is 23.9. The number of nitrogens with one attached hydrogen (secondary N) is 2. The summed E-state index contributed by atoms with van der Waals surface area (Å²) in [5, 5.41) is 48.9. The monoisotopic (exact) mass is 1120 g/mol. The van der Waals surface area contributed by atoms with Gasteiger partial charge in [0.25, 0.3) is 0 Å². The summed E-state index contributed by atoms with van der Waals surface area (Å²) in [6.07, 6.45) is 7.66. The van der Waals surface area contributed by atoms with Gasteiger partial charge in [-0.1, -0.05) is 62.6 Å². The molecule has 73 heavy (non-hydrogen) atoms. The Kier molecular flexibility index (Phi) is 37.8. The van der Waals surface area contributed by atoms with Crippen LogP contribution < -0.4 is 41.4 Å². The van der Waals surface area contributed by atoms with E-state index in [9.17, 15) is 40.0 Å². The second kappa shape index (κ2) is 39.7. The molecule has 0 aliphatic carbocycles. The number of nitrogens with zero attached hydrogens (tertiary/aromatic N) is 8. The van der Waals surface area contributed by atoms with Gasteiger partial charge in [-0.2, -0.15) is 19.9 Å². The number of rotatable bonds is 17. The fourth-order valence-electron chi connectivity index (χ4n) is 6.35. The van der Waals surface area contributed by atoms with Gasteiger partial charge >= 0.3 is 150 Å². The number of fused-ring (bicyclic) bond motifs is 4. The van der Waals surface area contributed by atoms with Gasteiger partial charge in [-0.15, -0.1) is 6.58 Å². The first kappa shape index (κ1) is 69.4. The Morgan fingerprint density at radius 3 is 2.29 bits per heavy atom. The van der Waals surface area contributed by atoms with E-state index in [0.717, 1.165) is 9.80 Å². The molecule has 376 valence electrons. The molecule has 2 aromatic heterocycles. The summed E-state index contributed by atoms with van der Waals surface area (Å²) in [4.78, 5) is 66.3. The van der Waals surface area contributed by atoms with Crippen LogP contribution in [0.3, 0.4) is 0 Å². The Bertz CT molecular complexity index is 2430. The summed E-state index contributed by atoms with van der Waals surface area (Å²) in [5.74, 6) is -0.557. The summed E-state index contributed by atoms with van der Waals surface area (Å²) in [7, 11) is 0. The van der Waals surface area contributed by atoms with Crippen molar-refractivity contribution in [2.75, 3.05) is 71.5 Å². The molecule has 3 heterocycles. The van der Waals surface area contributed by atoms with Crippen LogP contribution in [0.15, 0.2) is 86.0 Å². The first-order valence-corrected chi connectivity index (χ1v) is 55.3. The van der Waals surface area contributed by atoms with Crippen molar-refractivity contribution in [3.63, 3.8) is 0 Å². The zero-order chi connectivity index (χ0) is 53.6. The number of anilines is 6. The van der Waals surface area contributed by atoms with Gasteiger partial charge in [0.1, 0.15) is 24.7 Å². The minimum absolute atomic E-state index is 0. The van der Waals surface area contributed by atoms with Crippen molar-refractivity contribution >= 4 is 185 Å². The summed E-state index contributed by atoms with van der Waals surface area (Å²) in [6.45, 7) is 10.5. The molecule has 5 rings (SSSR count). The van der Waals surface area contributed by atoms with Crippen LogP contribution in [0.1, 0.15) is 58.1 Å². The molecule has 4 bridgehead atoms. The Hall–Kier alpha value is -1.57. The zero-order valence-electron chi connectivity index (χ0n) is 41.7. The molecule has 2 unspecified atom stereocenters. The topological polar surface area (TPSA) is 332 Å². The van der Waals surface area contributed by atoms with Gasteiger partial charge in [0.15, 0.2) is 0 Å². The number of nitro groups is 2. The van der Waals surface area contributed by atoms with Crippen LogP contribution in [-0.4, -0.2) is 230 Å². The van der Waals surface area contributed by atoms with Crippen LogP contribution >= 0.6 is 0 Å². The number of amides is 2. The van der Waals surface area contributed by atoms with E-state index in [1.807, 2.05) is 12.2 Å². The maximum atomic E-state index is 12.9. The van der Waals surface area contributed by atoms with Crippen molar-refractivity contribution in [1.82, 2.24) is 19.9 Å². The van der Waals surface area contributed by atoms with Gasteiger partial charge in [0.05, 0.1) is 61.4 Å². The number of hydrogen-bond donors (Lipinski definition) is 6. The molecular formula is C45H60K4N12O12. The molecule has 2 atom stereocenters. The number of benzene rings is 2. The predicted molar refractivity (Wildman–Crippen MR) is 283 cm³/mol. The van der Waals surface area contributed by atoms with E-state index in [1.54, 1.807) is 74.5 Å². The van der Waals surface area contributed by atoms with Crippen molar-refractivity contribution in [3.05, 3.63) is 117 Å². The van der Waals surface area contributed by atoms with Gasteiger partial charge in [0.2, 0.25) is 35.2 Å². The second-order valence-electron chi connectivity index (χ2n) is 14.5. The predicted octanol–water partition coefficient (Wildman–Crippen LogP) is 5.18. The van der Waals surface area contributed by atoms with Crippen LogP contribution in [-0.2, 0) is 22.6 Å². The molecule has 0 saturated carbocycles. The van der Waals surface area contributed by atoms with E-state index in [2.05, 4.69) is 43.7 Å². The summed E-state index contributed by atoms with van der Waals surface area (Å²) >= 11 is 5.00. The van der Waals surface area contributed by atoms with E-state index < -0.39 is 57.1 Å². The molecule has 24 nitrogen and oxygen atoms in total. The molecule has 2 aromatic carbocycles. The maximum absolute atomic E-state index is 12.9. The fraction of sp³-hybridized carbons (Fsp3) is 0.378. The van der Waals surface area contributed by atoms with Crippen LogP contribution in [0.25, 0.3) is 0 Å². The van der Waals surface area contributed by atoms with Crippen LogP contribution in [0.2, 0.25) is 0 Å². The average molecular weight is 1120 g/mol. The summed E-state index contributed by atoms with van der Waals surface area (Å²) < 4.78 is 21.5. The van der Waals surface area contributed by atoms with Gasteiger partial charge in [-0.25, -0.2) is 9.59 Å². The number of hydrogen-bond acceptors (Lipinski definition) is 20. The molecule has 1 aliphatic rings. The third-order valence-electron chi connectivity index (χ3n) is 9.51. The van der Waals surface area contributed by atoms with Crippen molar-refractivity contribution < 1.29 is 48.6 Å². The molecule has 8 N–H and O–H groups in total. The number of aliphatic hydroxyl groups excluding tert-OH is 2. The van der Waals surface area contributed by atoms with Crippen molar-refractivity contribution in [2.24, 2.45) is 0 Å². The number of ether oxygens (including phenoxy) is 4. The SMILES string of the molecule is C.C=CCCC(CO)Nc1nc(N)c([N+](=O)[O-])c(N(Cc2cccc(OCC=C)c2)C(=O)OCC)n1.CCOC(=O)N1Cc2cccc(c2)OC/C=C/CCC(CO)Nc2nc(N)c([N+](=O)[O-])c1n2.[K][K].[K][K]. The fourth-order valence-corrected chi connectivity index (χ4v) is 6.35. The molecule has 2 amide bonds. The van der Waals surface area contributed by atoms with E-state index in [0.29, 0.717) is 54.9 Å². The number of aliphatic hydroxyl groups is 2. The minimum atomic E-state index is -0.859. The number of aromatic nitrogens is 4. The molecule has 0 radical (unpaired) electrons. The van der Waals surface area contributed by atoms with E-state index in [4.69, 9.17) is 30.4 Å². The standard InChI is InChI=1S/C23H30N6O6.C21H26N6O6.CH4.4K/c1-4-7-10-17(15-30)25-22-26-20(24)19(29(32)33)21(27-22)28(23(31)34-6-3)14-16-9-8-11-18(13-16)35-12-5-2;1-2-32-21(29)26-12-14-7-6-9-16(11-14)33-10-5-3-4-8-15(13-28)23-20-24-18(22)17(27(30)31)19(26)25-20;;;;;/h4-5,8-9,11,13,17,30H,1-2,6-7,10,12,14-15H2,3H3,(H3,24,25,26,27);3,5-7,9,11,15,28H,2,4,8,10,12-13H2,1H3,(H3,22,23,24,25);1H4;;;;/b;5-3+;;;;;. The van der Waals surface area contributed by atoms with Gasteiger partial charge in [0, 0.05) is 0 Å². The number of carbonyl (C=O) groups excluding carboxylic acids is 2. The zero-order valence-corrected chi connectivity index (χ0v) is 54.2. The average Bonchev–Trinajstić information content (AvgIpc) is 3.37. The van der Waals surface area contributed by atoms with Crippen molar-refractivity contribution in [2.45, 2.75) is 72.1 Å². The molecule has 28 heteroatoms. The third-order valence-corrected chi connectivity index (χ3v) is 9.51. The molecule has 1 aliphatic heterocycles. The molecular weight excluding hydrogens is 1060 g/mol. The molecule has 0 saturated heterocycles. The van der Waals surface area contributed by atoms with Crippen molar-refractivity contribution in [1.29, 1.82) is 0 Å².